The van der Waals surface area contributed by atoms with Crippen LogP contribution in [0.4, 0.5) is 0 Å². The second-order valence-corrected chi connectivity index (χ2v) is 7.49. The van der Waals surface area contributed by atoms with Crippen molar-refractivity contribution in [2.45, 2.75) is 38.9 Å². The highest BCUT2D eigenvalue weighted by atomic mass is 16.5. The number of aliphatic hydroxyl groups is 1. The van der Waals surface area contributed by atoms with Crippen molar-refractivity contribution in [2.24, 2.45) is 0 Å². The summed E-state index contributed by atoms with van der Waals surface area (Å²) in [7, 11) is 0. The molecule has 5 nitrogen and oxygen atoms in total. The first kappa shape index (κ1) is 20.0. The molecule has 1 aliphatic rings. The van der Waals surface area contributed by atoms with Gasteiger partial charge in [-0.25, -0.2) is 0 Å². The number of carbonyl (C=O) groups excluding carboxylic acids is 1. The Balaban J connectivity index is 1.60. The Hall–Kier alpha value is -2.79. The van der Waals surface area contributed by atoms with Crippen LogP contribution in [-0.4, -0.2) is 30.2 Å². The minimum Gasteiger partial charge on any atom is -0.486 e. The molecule has 0 amide bonds. The molecule has 2 aromatic carbocycles. The lowest BCUT2D eigenvalue weighted by molar-refractivity contribution is -0.118. The van der Waals surface area contributed by atoms with Gasteiger partial charge in [-0.05, 0) is 50.6 Å². The van der Waals surface area contributed by atoms with Gasteiger partial charge in [0.05, 0.1) is 6.61 Å². The van der Waals surface area contributed by atoms with Gasteiger partial charge in [-0.15, -0.1) is 0 Å². The third-order valence-corrected chi connectivity index (χ3v) is 4.61. The molecule has 1 N–H and O–H groups in total. The topological polar surface area (TPSA) is 65.0 Å². The Kier molecular flexibility index (Phi) is 6.05. The molecule has 148 valence electrons. The Labute approximate surface area is 165 Å². The summed E-state index contributed by atoms with van der Waals surface area (Å²) in [6, 6.07) is 15.3. The second kappa shape index (κ2) is 8.48. The summed E-state index contributed by atoms with van der Waals surface area (Å²) < 4.78 is 17.5. The van der Waals surface area contributed by atoms with Crippen LogP contribution in [0.2, 0.25) is 0 Å². The monoisotopic (exact) mass is 382 g/mol. The lowest BCUT2D eigenvalue weighted by Crippen LogP contribution is -2.29. The molecular weight excluding hydrogens is 356 g/mol. The zero-order chi connectivity index (χ0) is 20.1. The number of ether oxygens (including phenoxy) is 3. The molecule has 1 atom stereocenters. The lowest BCUT2D eigenvalue weighted by atomic mass is 10.0. The number of aryl methyl sites for hydroxylation is 1. The summed E-state index contributed by atoms with van der Waals surface area (Å²) >= 11 is 0. The lowest BCUT2D eigenvalue weighted by Gasteiger charge is -2.19. The van der Waals surface area contributed by atoms with E-state index in [2.05, 4.69) is 24.3 Å². The van der Waals surface area contributed by atoms with Crippen LogP contribution < -0.4 is 9.47 Å². The number of aldehydes is 1. The molecule has 5 heteroatoms. The summed E-state index contributed by atoms with van der Waals surface area (Å²) in [5.41, 5.74) is 2.28. The van der Waals surface area contributed by atoms with Crippen molar-refractivity contribution in [1.82, 2.24) is 0 Å². The molecule has 0 fully saturated rings. The summed E-state index contributed by atoms with van der Waals surface area (Å²) in [5.74, 6) is 1.93. The van der Waals surface area contributed by atoms with Crippen LogP contribution in [0.5, 0.6) is 11.5 Å². The highest BCUT2D eigenvalue weighted by Gasteiger charge is 2.27. The van der Waals surface area contributed by atoms with Crippen LogP contribution >= 0.6 is 0 Å². The quantitative estimate of drug-likeness (QED) is 0.695. The van der Waals surface area contributed by atoms with Gasteiger partial charge in [0.1, 0.15) is 30.0 Å². The van der Waals surface area contributed by atoms with E-state index in [1.54, 1.807) is 38.1 Å². The van der Waals surface area contributed by atoms with Crippen molar-refractivity contribution < 1.29 is 24.1 Å². The first-order valence-corrected chi connectivity index (χ1v) is 9.33. The first-order valence-electron chi connectivity index (χ1n) is 9.33. The fourth-order valence-electron chi connectivity index (χ4n) is 2.97. The normalized spacial score (nSPS) is 16.6. The average molecular weight is 382 g/mol. The number of benzene rings is 2. The van der Waals surface area contributed by atoms with Crippen molar-refractivity contribution in [1.29, 1.82) is 0 Å². The summed E-state index contributed by atoms with van der Waals surface area (Å²) in [6.07, 6.45) is 1.33. The maximum absolute atomic E-state index is 11.0. The molecule has 0 aliphatic carbocycles. The van der Waals surface area contributed by atoms with Gasteiger partial charge in [0.25, 0.3) is 0 Å². The minimum atomic E-state index is -0.869. The molecule has 3 rings (SSSR count). The maximum Gasteiger partial charge on any atom is 0.162 e. The van der Waals surface area contributed by atoms with Gasteiger partial charge < -0.3 is 19.3 Å². The number of hydrogen-bond donors (Lipinski definition) is 1. The van der Waals surface area contributed by atoms with Crippen LogP contribution in [-0.2, 0) is 9.53 Å². The van der Waals surface area contributed by atoms with E-state index in [4.69, 9.17) is 14.2 Å². The van der Waals surface area contributed by atoms with Gasteiger partial charge in [0.15, 0.2) is 11.9 Å². The van der Waals surface area contributed by atoms with Gasteiger partial charge in [0.2, 0.25) is 0 Å². The maximum atomic E-state index is 11.0. The molecule has 0 spiro atoms. The number of aliphatic hydroxyl groups excluding tert-OH is 1. The minimum absolute atomic E-state index is 0.0470. The van der Waals surface area contributed by atoms with Crippen molar-refractivity contribution >= 4 is 6.29 Å². The van der Waals surface area contributed by atoms with Crippen LogP contribution in [0.3, 0.4) is 0 Å². The highest BCUT2D eigenvalue weighted by molar-refractivity contribution is 5.61. The molecule has 1 unspecified atom stereocenters. The van der Waals surface area contributed by atoms with E-state index in [9.17, 15) is 9.90 Å². The van der Waals surface area contributed by atoms with E-state index in [0.29, 0.717) is 23.7 Å². The molecule has 1 aliphatic heterocycles. The van der Waals surface area contributed by atoms with Crippen molar-refractivity contribution in [2.75, 3.05) is 13.2 Å². The standard InChI is InChI=1S/C23H26O5/c1-16-4-6-17(7-5-16)21-12-18(13-24)22(27-21)14-26-19-8-10-20(11-9-19)28-23(2,3)15-25/h4-11,15,21,24H,12-14H2,1-3H3. The smallest absolute Gasteiger partial charge is 0.162 e. The molecule has 0 saturated carbocycles. The molecule has 28 heavy (non-hydrogen) atoms. The molecule has 0 saturated heterocycles. The van der Waals surface area contributed by atoms with Crippen molar-refractivity contribution in [3.63, 3.8) is 0 Å². The fourth-order valence-corrected chi connectivity index (χ4v) is 2.97. The molecule has 0 bridgehead atoms. The van der Waals surface area contributed by atoms with E-state index in [-0.39, 0.29) is 19.3 Å². The van der Waals surface area contributed by atoms with Gasteiger partial charge in [-0.1, -0.05) is 29.8 Å². The van der Waals surface area contributed by atoms with Gasteiger partial charge >= 0.3 is 0 Å². The van der Waals surface area contributed by atoms with E-state index in [1.807, 2.05) is 6.92 Å². The summed E-state index contributed by atoms with van der Waals surface area (Å²) in [4.78, 5) is 11.0. The van der Waals surface area contributed by atoms with Crippen LogP contribution in [0.1, 0.15) is 37.5 Å². The van der Waals surface area contributed by atoms with E-state index in [0.717, 1.165) is 17.4 Å². The van der Waals surface area contributed by atoms with Gasteiger partial charge in [0, 0.05) is 12.0 Å². The Morgan fingerprint density at radius 2 is 1.75 bits per heavy atom. The Morgan fingerprint density at radius 3 is 2.36 bits per heavy atom. The predicted octanol–water partition coefficient (Wildman–Crippen LogP) is 4.14. The zero-order valence-electron chi connectivity index (χ0n) is 16.5. The number of rotatable bonds is 8. The molecular formula is C23H26O5. The summed E-state index contributed by atoms with van der Waals surface area (Å²) in [6.45, 7) is 5.66. The molecule has 0 aromatic heterocycles. The van der Waals surface area contributed by atoms with Crippen molar-refractivity contribution in [3.05, 3.63) is 71.0 Å². The van der Waals surface area contributed by atoms with E-state index >= 15 is 0 Å². The van der Waals surface area contributed by atoms with E-state index in [1.165, 1.54) is 5.56 Å². The summed E-state index contributed by atoms with van der Waals surface area (Å²) in [5, 5.41) is 9.67. The average Bonchev–Trinajstić information content (AvgIpc) is 3.11. The highest BCUT2D eigenvalue weighted by Crippen LogP contribution is 2.36. The third kappa shape index (κ3) is 4.93. The number of hydrogen-bond acceptors (Lipinski definition) is 5. The molecule has 2 aromatic rings. The van der Waals surface area contributed by atoms with Crippen molar-refractivity contribution in [3.8, 4) is 11.5 Å². The van der Waals surface area contributed by atoms with Crippen LogP contribution in [0.15, 0.2) is 59.9 Å². The first-order chi connectivity index (χ1) is 13.4. The number of carbonyl (C=O) groups is 1. The fraction of sp³-hybridized carbons (Fsp3) is 0.348. The van der Waals surface area contributed by atoms with Crippen LogP contribution in [0, 0.1) is 6.92 Å². The Morgan fingerprint density at radius 1 is 1.11 bits per heavy atom. The zero-order valence-corrected chi connectivity index (χ0v) is 16.5. The molecule has 1 heterocycles. The van der Waals surface area contributed by atoms with E-state index < -0.39 is 5.60 Å². The van der Waals surface area contributed by atoms with Gasteiger partial charge in [-0.2, -0.15) is 0 Å². The Bertz CT molecular complexity index is 834. The van der Waals surface area contributed by atoms with Gasteiger partial charge in [-0.3, -0.25) is 4.79 Å². The molecule has 0 radical (unpaired) electrons. The SMILES string of the molecule is Cc1ccc(C2CC(CO)=C(COc3ccc(OC(C)(C)C=O)cc3)O2)cc1. The van der Waals surface area contributed by atoms with Crippen LogP contribution in [0.25, 0.3) is 0 Å². The second-order valence-electron chi connectivity index (χ2n) is 7.49. The largest absolute Gasteiger partial charge is 0.486 e. The third-order valence-electron chi connectivity index (χ3n) is 4.61. The predicted molar refractivity (Wildman–Crippen MR) is 106 cm³/mol.